The first-order valence-corrected chi connectivity index (χ1v) is 5.87. The van der Waals surface area contributed by atoms with Gasteiger partial charge in [-0.05, 0) is 32.6 Å². The molecule has 0 amide bonds. The predicted octanol–water partition coefficient (Wildman–Crippen LogP) is 2.39. The number of aryl methyl sites for hydroxylation is 1. The molecule has 0 spiro atoms. The van der Waals surface area contributed by atoms with Crippen LogP contribution in [0.1, 0.15) is 47.4 Å². The molecule has 88 valence electrons. The van der Waals surface area contributed by atoms with Crippen molar-refractivity contribution in [3.63, 3.8) is 0 Å². The van der Waals surface area contributed by atoms with Crippen LogP contribution in [0.4, 0.5) is 0 Å². The summed E-state index contributed by atoms with van der Waals surface area (Å²) in [5.41, 5.74) is 1.79. The van der Waals surface area contributed by atoms with Crippen molar-refractivity contribution in [2.24, 2.45) is 5.92 Å². The summed E-state index contributed by atoms with van der Waals surface area (Å²) in [5.74, 6) is -0.188. The zero-order valence-corrected chi connectivity index (χ0v) is 9.86. The molecule has 0 atom stereocenters. The van der Waals surface area contributed by atoms with Crippen LogP contribution in [-0.2, 0) is 6.54 Å². The van der Waals surface area contributed by atoms with Crippen LogP contribution in [-0.4, -0.2) is 20.9 Å². The van der Waals surface area contributed by atoms with E-state index in [0.29, 0.717) is 17.2 Å². The quantitative estimate of drug-likeness (QED) is 0.854. The van der Waals surface area contributed by atoms with Crippen LogP contribution in [0.5, 0.6) is 0 Å². The molecule has 2 rings (SSSR count). The van der Waals surface area contributed by atoms with Crippen molar-refractivity contribution in [3.8, 4) is 0 Å². The minimum Gasteiger partial charge on any atom is -0.478 e. The summed E-state index contributed by atoms with van der Waals surface area (Å²) in [6.45, 7) is 4.49. The van der Waals surface area contributed by atoms with E-state index < -0.39 is 5.97 Å². The third kappa shape index (κ3) is 1.96. The molecule has 1 aliphatic carbocycles. The molecule has 1 saturated carbocycles. The summed E-state index contributed by atoms with van der Waals surface area (Å²) in [6.07, 6.45) is 5.10. The Morgan fingerprint density at radius 1 is 1.44 bits per heavy atom. The van der Waals surface area contributed by atoms with Gasteiger partial charge >= 0.3 is 5.97 Å². The lowest BCUT2D eigenvalue weighted by Gasteiger charge is -2.10. The molecule has 0 bridgehead atoms. The molecule has 4 heteroatoms. The highest BCUT2D eigenvalue weighted by atomic mass is 16.4. The van der Waals surface area contributed by atoms with E-state index in [1.807, 2.05) is 11.6 Å². The molecular weight excluding hydrogens is 204 g/mol. The minimum absolute atomic E-state index is 0.373. The Morgan fingerprint density at radius 3 is 2.56 bits per heavy atom. The van der Waals surface area contributed by atoms with E-state index in [2.05, 4.69) is 5.10 Å². The maximum atomic E-state index is 11.0. The second kappa shape index (κ2) is 4.28. The second-order valence-electron chi connectivity index (χ2n) is 4.68. The maximum Gasteiger partial charge on any atom is 0.339 e. The molecule has 1 aliphatic rings. The monoisotopic (exact) mass is 222 g/mol. The normalized spacial score (nSPS) is 16.9. The first kappa shape index (κ1) is 11.2. The Bertz CT molecular complexity index is 403. The van der Waals surface area contributed by atoms with Crippen molar-refractivity contribution in [3.05, 3.63) is 17.0 Å². The molecule has 0 aliphatic heterocycles. The van der Waals surface area contributed by atoms with Gasteiger partial charge in [0.1, 0.15) is 5.56 Å². The van der Waals surface area contributed by atoms with Crippen LogP contribution in [0.3, 0.4) is 0 Å². The van der Waals surface area contributed by atoms with Crippen molar-refractivity contribution in [1.29, 1.82) is 0 Å². The van der Waals surface area contributed by atoms with Crippen LogP contribution in [0.25, 0.3) is 0 Å². The SMILES string of the molecule is Cc1nn(CC2CCCC2)c(C)c1C(=O)O. The Hall–Kier alpha value is -1.32. The summed E-state index contributed by atoms with van der Waals surface area (Å²) in [4.78, 5) is 11.0. The van der Waals surface area contributed by atoms with Gasteiger partial charge in [-0.3, -0.25) is 4.68 Å². The molecule has 1 aromatic heterocycles. The van der Waals surface area contributed by atoms with Gasteiger partial charge in [0.25, 0.3) is 0 Å². The van der Waals surface area contributed by atoms with Crippen molar-refractivity contribution in [2.45, 2.75) is 46.1 Å². The van der Waals surface area contributed by atoms with Crippen LogP contribution in [0, 0.1) is 19.8 Å². The van der Waals surface area contributed by atoms with Crippen molar-refractivity contribution >= 4 is 5.97 Å². The number of aromatic nitrogens is 2. The van der Waals surface area contributed by atoms with Crippen LogP contribution in [0.15, 0.2) is 0 Å². The van der Waals surface area contributed by atoms with Gasteiger partial charge in [0.15, 0.2) is 0 Å². The fraction of sp³-hybridized carbons (Fsp3) is 0.667. The van der Waals surface area contributed by atoms with Gasteiger partial charge in [0.05, 0.1) is 11.4 Å². The summed E-state index contributed by atoms with van der Waals surface area (Å²) < 4.78 is 1.87. The van der Waals surface area contributed by atoms with Crippen LogP contribution >= 0.6 is 0 Å². The average Bonchev–Trinajstić information content (AvgIpc) is 2.76. The third-order valence-electron chi connectivity index (χ3n) is 3.50. The lowest BCUT2D eigenvalue weighted by molar-refractivity contribution is 0.0695. The zero-order valence-electron chi connectivity index (χ0n) is 9.86. The van der Waals surface area contributed by atoms with Crippen LogP contribution < -0.4 is 0 Å². The largest absolute Gasteiger partial charge is 0.478 e. The Morgan fingerprint density at radius 2 is 2.06 bits per heavy atom. The molecular formula is C12H18N2O2. The second-order valence-corrected chi connectivity index (χ2v) is 4.68. The van der Waals surface area contributed by atoms with Gasteiger partial charge in [0, 0.05) is 6.54 Å². The number of carboxylic acid groups (broad SMARTS) is 1. The topological polar surface area (TPSA) is 55.1 Å². The van der Waals surface area contributed by atoms with Crippen molar-refractivity contribution in [2.75, 3.05) is 0 Å². The molecule has 0 unspecified atom stereocenters. The highest BCUT2D eigenvalue weighted by molar-refractivity contribution is 5.90. The molecule has 0 radical (unpaired) electrons. The summed E-state index contributed by atoms with van der Waals surface area (Å²) in [5, 5.41) is 13.4. The summed E-state index contributed by atoms with van der Waals surface area (Å²) in [7, 11) is 0. The van der Waals surface area contributed by atoms with Crippen molar-refractivity contribution in [1.82, 2.24) is 9.78 Å². The number of hydrogen-bond donors (Lipinski definition) is 1. The number of hydrogen-bond acceptors (Lipinski definition) is 2. The van der Waals surface area contributed by atoms with E-state index in [0.717, 1.165) is 12.2 Å². The number of carbonyl (C=O) groups is 1. The standard InChI is InChI=1S/C12H18N2O2/c1-8-11(12(15)16)9(2)14(13-8)7-10-5-3-4-6-10/h10H,3-7H2,1-2H3,(H,15,16). The zero-order chi connectivity index (χ0) is 11.7. The van der Waals surface area contributed by atoms with Gasteiger partial charge in [0.2, 0.25) is 0 Å². The maximum absolute atomic E-state index is 11.0. The molecule has 0 saturated heterocycles. The molecule has 1 fully saturated rings. The molecule has 1 aromatic rings. The molecule has 1 N–H and O–H groups in total. The first-order valence-electron chi connectivity index (χ1n) is 5.87. The Balaban J connectivity index is 2.21. The van der Waals surface area contributed by atoms with Crippen LogP contribution in [0.2, 0.25) is 0 Å². The Kier molecular flexibility index (Phi) is 2.99. The fourth-order valence-electron chi connectivity index (χ4n) is 2.62. The fourth-order valence-corrected chi connectivity index (χ4v) is 2.62. The summed E-state index contributed by atoms with van der Waals surface area (Å²) in [6, 6.07) is 0. The van der Waals surface area contributed by atoms with Crippen molar-refractivity contribution < 1.29 is 9.90 Å². The number of nitrogens with zero attached hydrogens (tertiary/aromatic N) is 2. The van der Waals surface area contributed by atoms with Gasteiger partial charge in [-0.25, -0.2) is 4.79 Å². The molecule has 16 heavy (non-hydrogen) atoms. The number of aromatic carboxylic acids is 1. The highest BCUT2D eigenvalue weighted by Gasteiger charge is 2.21. The summed E-state index contributed by atoms with van der Waals surface area (Å²) >= 11 is 0. The Labute approximate surface area is 95.3 Å². The van der Waals surface area contributed by atoms with Gasteiger partial charge < -0.3 is 5.11 Å². The van der Waals surface area contributed by atoms with E-state index in [1.165, 1.54) is 25.7 Å². The van der Waals surface area contributed by atoms with Gasteiger partial charge in [-0.2, -0.15) is 5.10 Å². The average molecular weight is 222 g/mol. The molecule has 4 nitrogen and oxygen atoms in total. The van der Waals surface area contributed by atoms with Gasteiger partial charge in [-0.15, -0.1) is 0 Å². The predicted molar refractivity (Wildman–Crippen MR) is 60.6 cm³/mol. The highest BCUT2D eigenvalue weighted by Crippen LogP contribution is 2.27. The first-order chi connectivity index (χ1) is 7.59. The number of rotatable bonds is 3. The number of carboxylic acids is 1. The van der Waals surface area contributed by atoms with E-state index in [9.17, 15) is 4.79 Å². The molecule has 0 aromatic carbocycles. The van der Waals surface area contributed by atoms with E-state index in [-0.39, 0.29) is 0 Å². The van der Waals surface area contributed by atoms with E-state index in [1.54, 1.807) is 6.92 Å². The van der Waals surface area contributed by atoms with Gasteiger partial charge in [-0.1, -0.05) is 12.8 Å². The van der Waals surface area contributed by atoms with E-state index in [4.69, 9.17) is 5.11 Å². The third-order valence-corrected chi connectivity index (χ3v) is 3.50. The molecule has 1 heterocycles. The van der Waals surface area contributed by atoms with E-state index >= 15 is 0 Å². The minimum atomic E-state index is -0.868. The lowest BCUT2D eigenvalue weighted by Crippen LogP contribution is -2.11. The lowest BCUT2D eigenvalue weighted by atomic mass is 10.1. The smallest absolute Gasteiger partial charge is 0.339 e.